The first kappa shape index (κ1) is 11.3. The lowest BCUT2D eigenvalue weighted by Crippen LogP contribution is -2.37. The molecule has 3 nitrogen and oxygen atoms in total. The minimum absolute atomic E-state index is 0.204. The molecule has 0 saturated carbocycles. The third-order valence-electron chi connectivity index (χ3n) is 2.98. The normalized spacial score (nSPS) is 34.3. The summed E-state index contributed by atoms with van der Waals surface area (Å²) in [5, 5.41) is 4.57. The van der Waals surface area contributed by atoms with E-state index in [4.69, 9.17) is 9.73 Å². The van der Waals surface area contributed by atoms with Crippen molar-refractivity contribution in [2.45, 2.75) is 38.8 Å². The second-order valence-electron chi connectivity index (χ2n) is 5.10. The molecule has 15 heavy (non-hydrogen) atoms. The van der Waals surface area contributed by atoms with Crippen LogP contribution < -0.4 is 5.32 Å². The molecule has 2 aliphatic heterocycles. The van der Waals surface area contributed by atoms with Gasteiger partial charge in [-0.3, -0.25) is 4.99 Å². The molecule has 0 bridgehead atoms. The molecule has 0 radical (unpaired) electrons. The number of amidine groups is 1. The summed E-state index contributed by atoms with van der Waals surface area (Å²) in [6, 6.07) is 0.386. The van der Waals surface area contributed by atoms with E-state index in [0.717, 1.165) is 30.6 Å². The Morgan fingerprint density at radius 2 is 2.40 bits per heavy atom. The highest BCUT2D eigenvalue weighted by Gasteiger charge is 2.29. The molecule has 0 aromatic carbocycles. The van der Waals surface area contributed by atoms with Gasteiger partial charge >= 0.3 is 0 Å². The molecule has 2 aliphatic rings. The van der Waals surface area contributed by atoms with Gasteiger partial charge in [-0.15, -0.1) is 0 Å². The van der Waals surface area contributed by atoms with E-state index in [9.17, 15) is 0 Å². The molecule has 2 fully saturated rings. The molecular formula is C11H20N2OS. The Bertz CT molecular complexity index is 259. The highest BCUT2D eigenvalue weighted by atomic mass is 32.2. The van der Waals surface area contributed by atoms with Crippen molar-refractivity contribution in [3.63, 3.8) is 0 Å². The first-order chi connectivity index (χ1) is 7.07. The first-order valence-electron chi connectivity index (χ1n) is 5.63. The van der Waals surface area contributed by atoms with Crippen LogP contribution >= 0.6 is 11.8 Å². The van der Waals surface area contributed by atoms with Gasteiger partial charge in [0.1, 0.15) is 0 Å². The number of nitrogens with one attached hydrogen (secondary N) is 1. The zero-order valence-corrected chi connectivity index (χ0v) is 10.6. The average Bonchev–Trinajstić information content (AvgIpc) is 2.74. The molecule has 0 spiro atoms. The fourth-order valence-electron chi connectivity index (χ4n) is 1.90. The number of hydrogen-bond acceptors (Lipinski definition) is 3. The summed E-state index contributed by atoms with van der Waals surface area (Å²) in [4.78, 5) is 4.74. The highest BCUT2D eigenvalue weighted by Crippen LogP contribution is 2.25. The molecule has 86 valence electrons. The Morgan fingerprint density at radius 1 is 1.60 bits per heavy atom. The lowest BCUT2D eigenvalue weighted by atomic mass is 10.0. The summed E-state index contributed by atoms with van der Waals surface area (Å²) < 4.78 is 5.39. The maximum atomic E-state index is 5.39. The van der Waals surface area contributed by atoms with Crippen LogP contribution in [0.3, 0.4) is 0 Å². The summed E-state index contributed by atoms with van der Waals surface area (Å²) in [5.74, 6) is 1.73. The quantitative estimate of drug-likeness (QED) is 0.783. The van der Waals surface area contributed by atoms with E-state index >= 15 is 0 Å². The third kappa shape index (κ3) is 2.88. The van der Waals surface area contributed by atoms with Crippen molar-refractivity contribution < 1.29 is 4.74 Å². The molecule has 0 aromatic rings. The summed E-state index contributed by atoms with van der Waals surface area (Å²) in [7, 11) is 0. The maximum Gasteiger partial charge on any atom is 0.157 e. The molecule has 2 atom stereocenters. The summed E-state index contributed by atoms with van der Waals surface area (Å²) in [6.07, 6.45) is 1.16. The summed E-state index contributed by atoms with van der Waals surface area (Å²) in [5.41, 5.74) is 0.204. The van der Waals surface area contributed by atoms with Crippen LogP contribution in [0.1, 0.15) is 27.2 Å². The van der Waals surface area contributed by atoms with Crippen LogP contribution in [-0.2, 0) is 4.74 Å². The third-order valence-corrected chi connectivity index (χ3v) is 4.33. The zero-order valence-electron chi connectivity index (χ0n) is 9.75. The van der Waals surface area contributed by atoms with Gasteiger partial charge in [0, 0.05) is 23.8 Å². The topological polar surface area (TPSA) is 33.6 Å². The Morgan fingerprint density at radius 3 is 2.93 bits per heavy atom. The maximum absolute atomic E-state index is 5.39. The number of rotatable bonds is 2. The molecule has 2 saturated heterocycles. The van der Waals surface area contributed by atoms with Crippen molar-refractivity contribution in [2.24, 2.45) is 10.9 Å². The fraction of sp³-hybridized carbons (Fsp3) is 0.909. The van der Waals surface area contributed by atoms with Crippen molar-refractivity contribution in [3.8, 4) is 0 Å². The van der Waals surface area contributed by atoms with Gasteiger partial charge in [-0.25, -0.2) is 0 Å². The molecule has 2 unspecified atom stereocenters. The van der Waals surface area contributed by atoms with Gasteiger partial charge in [-0.1, -0.05) is 11.8 Å². The molecule has 2 rings (SSSR count). The lowest BCUT2D eigenvalue weighted by Gasteiger charge is -2.17. The Kier molecular flexibility index (Phi) is 3.26. The van der Waals surface area contributed by atoms with E-state index in [0.29, 0.717) is 12.0 Å². The monoisotopic (exact) mass is 228 g/mol. The Hall–Kier alpha value is -0.220. The van der Waals surface area contributed by atoms with Gasteiger partial charge < -0.3 is 10.1 Å². The van der Waals surface area contributed by atoms with E-state index in [1.54, 1.807) is 0 Å². The average molecular weight is 228 g/mol. The van der Waals surface area contributed by atoms with Crippen molar-refractivity contribution >= 4 is 16.9 Å². The van der Waals surface area contributed by atoms with Crippen molar-refractivity contribution in [2.75, 3.05) is 19.0 Å². The zero-order chi connectivity index (χ0) is 10.9. The van der Waals surface area contributed by atoms with Crippen LogP contribution in [0.4, 0.5) is 0 Å². The Balaban J connectivity index is 1.92. The molecular weight excluding hydrogens is 208 g/mol. The molecule has 1 N–H and O–H groups in total. The molecule has 4 heteroatoms. The van der Waals surface area contributed by atoms with Crippen molar-refractivity contribution in [3.05, 3.63) is 0 Å². The fourth-order valence-corrected chi connectivity index (χ4v) is 3.06. The van der Waals surface area contributed by atoms with Crippen molar-refractivity contribution in [1.82, 2.24) is 5.32 Å². The predicted molar refractivity (Wildman–Crippen MR) is 65.5 cm³/mol. The second kappa shape index (κ2) is 4.34. The van der Waals surface area contributed by atoms with E-state index in [-0.39, 0.29) is 5.54 Å². The predicted octanol–water partition coefficient (Wildman–Crippen LogP) is 1.88. The van der Waals surface area contributed by atoms with Gasteiger partial charge in [0.25, 0.3) is 0 Å². The Labute approximate surface area is 96.1 Å². The number of thioether (sulfide) groups is 1. The smallest absolute Gasteiger partial charge is 0.157 e. The minimum atomic E-state index is 0.204. The SMILES string of the molecule is CC(N=C1NC(C)(C)CS1)C1CCOC1. The van der Waals surface area contributed by atoms with Gasteiger partial charge in [0.2, 0.25) is 0 Å². The first-order valence-corrected chi connectivity index (χ1v) is 6.62. The van der Waals surface area contributed by atoms with Gasteiger partial charge in [0.05, 0.1) is 12.6 Å². The molecule has 0 aromatic heterocycles. The van der Waals surface area contributed by atoms with E-state index in [2.05, 4.69) is 26.1 Å². The van der Waals surface area contributed by atoms with Crippen LogP contribution in [-0.4, -0.2) is 35.7 Å². The van der Waals surface area contributed by atoms with E-state index < -0.39 is 0 Å². The highest BCUT2D eigenvalue weighted by molar-refractivity contribution is 8.14. The van der Waals surface area contributed by atoms with Crippen LogP contribution in [0, 0.1) is 5.92 Å². The van der Waals surface area contributed by atoms with Crippen LogP contribution in [0.15, 0.2) is 4.99 Å². The van der Waals surface area contributed by atoms with Gasteiger partial charge in [0.15, 0.2) is 5.17 Å². The summed E-state index contributed by atoms with van der Waals surface area (Å²) in [6.45, 7) is 8.41. The standard InChI is InChI=1S/C11H20N2OS/c1-8(9-4-5-14-6-9)12-10-13-11(2,3)7-15-10/h8-9H,4-7H2,1-3H3,(H,12,13). The second-order valence-corrected chi connectivity index (χ2v) is 6.06. The number of aliphatic imine (C=N–C) groups is 1. The molecule has 0 aliphatic carbocycles. The van der Waals surface area contributed by atoms with Gasteiger partial charge in [-0.05, 0) is 27.2 Å². The van der Waals surface area contributed by atoms with Crippen molar-refractivity contribution in [1.29, 1.82) is 0 Å². The summed E-state index contributed by atoms with van der Waals surface area (Å²) >= 11 is 1.83. The molecule has 2 heterocycles. The number of ether oxygens (including phenoxy) is 1. The number of hydrogen-bond donors (Lipinski definition) is 1. The van der Waals surface area contributed by atoms with Crippen LogP contribution in [0.25, 0.3) is 0 Å². The lowest BCUT2D eigenvalue weighted by molar-refractivity contribution is 0.182. The molecule has 0 amide bonds. The minimum Gasteiger partial charge on any atom is -0.381 e. The van der Waals surface area contributed by atoms with E-state index in [1.807, 2.05) is 11.8 Å². The van der Waals surface area contributed by atoms with E-state index in [1.165, 1.54) is 0 Å². The van der Waals surface area contributed by atoms with Crippen LogP contribution in [0.2, 0.25) is 0 Å². The van der Waals surface area contributed by atoms with Gasteiger partial charge in [-0.2, -0.15) is 0 Å². The van der Waals surface area contributed by atoms with Crippen LogP contribution in [0.5, 0.6) is 0 Å². The largest absolute Gasteiger partial charge is 0.381 e. The number of nitrogens with zero attached hydrogens (tertiary/aromatic N) is 1.